The van der Waals surface area contributed by atoms with E-state index >= 15 is 0 Å². The number of anilines is 1. The van der Waals surface area contributed by atoms with E-state index in [1.807, 2.05) is 54.8 Å². The molecule has 1 N–H and O–H groups in total. The number of fused-ring (bicyclic) bond motifs is 1. The number of benzene rings is 1. The molecule has 4 heteroatoms. The van der Waals surface area contributed by atoms with Crippen LogP contribution in [0.5, 0.6) is 0 Å². The van der Waals surface area contributed by atoms with Gasteiger partial charge < -0.3 is 9.72 Å². The smallest absolute Gasteiger partial charge is 0.259 e. The van der Waals surface area contributed by atoms with Gasteiger partial charge in [-0.25, -0.2) is 4.98 Å². The van der Waals surface area contributed by atoms with Crippen molar-refractivity contribution in [1.82, 2.24) is 9.38 Å². The Hall–Kier alpha value is -3.06. The zero-order valence-corrected chi connectivity index (χ0v) is 16.2. The highest BCUT2D eigenvalue weighted by atomic mass is 16.1. The van der Waals surface area contributed by atoms with Crippen molar-refractivity contribution in [2.24, 2.45) is 0 Å². The molecule has 0 aliphatic rings. The van der Waals surface area contributed by atoms with E-state index in [4.69, 9.17) is 0 Å². The summed E-state index contributed by atoms with van der Waals surface area (Å²) in [5.41, 5.74) is 4.92. The molecule has 0 bridgehead atoms. The standard InChI is InChI=1S/C23H25N3O/c1-4-5-6-7-8-9-19-10-12-20(13-11-19)25-23(27)21-14-15-26-18(3)16-17(2)24-22(21)26/h10-16H,4-7H2,1-3H3,(H,25,27). The van der Waals surface area contributed by atoms with Crippen LogP contribution in [-0.2, 0) is 0 Å². The molecule has 1 aromatic carbocycles. The van der Waals surface area contributed by atoms with Gasteiger partial charge in [-0.05, 0) is 56.7 Å². The summed E-state index contributed by atoms with van der Waals surface area (Å²) in [6.45, 7) is 6.13. The monoisotopic (exact) mass is 359 g/mol. The number of aryl methyl sites for hydroxylation is 2. The summed E-state index contributed by atoms with van der Waals surface area (Å²) in [5, 5.41) is 2.95. The van der Waals surface area contributed by atoms with Gasteiger partial charge >= 0.3 is 0 Å². The van der Waals surface area contributed by atoms with E-state index in [1.54, 1.807) is 6.07 Å². The fourth-order valence-electron chi connectivity index (χ4n) is 3.03. The molecule has 0 saturated carbocycles. The number of amides is 1. The van der Waals surface area contributed by atoms with Crippen molar-refractivity contribution in [3.63, 3.8) is 0 Å². The van der Waals surface area contributed by atoms with Crippen LogP contribution in [0.3, 0.4) is 0 Å². The minimum absolute atomic E-state index is 0.159. The first-order valence-electron chi connectivity index (χ1n) is 9.44. The zero-order chi connectivity index (χ0) is 19.2. The first-order chi connectivity index (χ1) is 13.1. The summed E-state index contributed by atoms with van der Waals surface area (Å²) in [7, 11) is 0. The zero-order valence-electron chi connectivity index (χ0n) is 16.2. The Morgan fingerprint density at radius 2 is 1.93 bits per heavy atom. The summed E-state index contributed by atoms with van der Waals surface area (Å²) >= 11 is 0. The summed E-state index contributed by atoms with van der Waals surface area (Å²) < 4.78 is 1.93. The van der Waals surface area contributed by atoms with Crippen LogP contribution in [0, 0.1) is 25.7 Å². The number of carbonyl (C=O) groups is 1. The maximum Gasteiger partial charge on any atom is 0.259 e. The third-order valence-corrected chi connectivity index (χ3v) is 4.46. The molecule has 0 fully saturated rings. The van der Waals surface area contributed by atoms with Gasteiger partial charge in [-0.2, -0.15) is 0 Å². The molecule has 1 amide bonds. The minimum atomic E-state index is -0.159. The molecular formula is C23H25N3O. The lowest BCUT2D eigenvalue weighted by Crippen LogP contribution is -2.12. The SMILES string of the molecule is CCCCCC#Cc1ccc(NC(=O)c2ccn3c(C)cc(C)nc23)cc1. The number of carbonyl (C=O) groups excluding carboxylic acids is 1. The second-order valence-corrected chi connectivity index (χ2v) is 6.75. The topological polar surface area (TPSA) is 46.4 Å². The second-order valence-electron chi connectivity index (χ2n) is 6.75. The van der Waals surface area contributed by atoms with Crippen LogP contribution in [0.15, 0.2) is 42.6 Å². The Kier molecular flexibility index (Phi) is 5.93. The van der Waals surface area contributed by atoms with Crippen molar-refractivity contribution in [1.29, 1.82) is 0 Å². The van der Waals surface area contributed by atoms with Crippen LogP contribution in [0.25, 0.3) is 5.65 Å². The molecule has 4 nitrogen and oxygen atoms in total. The number of nitrogens with one attached hydrogen (secondary N) is 1. The molecule has 0 aliphatic heterocycles. The normalized spacial score (nSPS) is 10.5. The van der Waals surface area contributed by atoms with Gasteiger partial charge in [0.15, 0.2) is 0 Å². The average Bonchev–Trinajstić information content (AvgIpc) is 3.07. The third-order valence-electron chi connectivity index (χ3n) is 4.46. The average molecular weight is 359 g/mol. The van der Waals surface area contributed by atoms with Gasteiger partial charge in [-0.15, -0.1) is 0 Å². The maximum atomic E-state index is 12.7. The van der Waals surface area contributed by atoms with E-state index in [1.165, 1.54) is 12.8 Å². The van der Waals surface area contributed by atoms with E-state index in [2.05, 4.69) is 29.1 Å². The molecule has 3 rings (SSSR count). The van der Waals surface area contributed by atoms with E-state index in [0.29, 0.717) is 11.2 Å². The number of aromatic nitrogens is 2. The Balaban J connectivity index is 1.70. The number of hydrogen-bond donors (Lipinski definition) is 1. The van der Waals surface area contributed by atoms with Crippen LogP contribution in [0.1, 0.15) is 59.9 Å². The van der Waals surface area contributed by atoms with Crippen LogP contribution in [0.2, 0.25) is 0 Å². The van der Waals surface area contributed by atoms with Crippen molar-refractivity contribution >= 4 is 17.2 Å². The summed E-state index contributed by atoms with van der Waals surface area (Å²) in [6, 6.07) is 11.4. The van der Waals surface area contributed by atoms with Gasteiger partial charge in [-0.1, -0.05) is 31.6 Å². The highest BCUT2D eigenvalue weighted by Crippen LogP contribution is 2.17. The number of nitrogens with zero attached hydrogens (tertiary/aromatic N) is 2. The molecule has 138 valence electrons. The van der Waals surface area contributed by atoms with Crippen LogP contribution in [-0.4, -0.2) is 15.3 Å². The molecular weight excluding hydrogens is 334 g/mol. The molecule has 27 heavy (non-hydrogen) atoms. The quantitative estimate of drug-likeness (QED) is 0.507. The summed E-state index contributed by atoms with van der Waals surface area (Å²) in [5.74, 6) is 6.21. The molecule has 0 atom stereocenters. The molecule has 0 radical (unpaired) electrons. The first-order valence-corrected chi connectivity index (χ1v) is 9.44. The Bertz CT molecular complexity index is 1000. The lowest BCUT2D eigenvalue weighted by Gasteiger charge is -2.06. The van der Waals surface area contributed by atoms with Crippen molar-refractivity contribution in [3.8, 4) is 11.8 Å². The highest BCUT2D eigenvalue weighted by molar-refractivity contribution is 6.08. The minimum Gasteiger partial charge on any atom is -0.322 e. The van der Waals surface area contributed by atoms with Crippen molar-refractivity contribution in [2.45, 2.75) is 46.5 Å². The van der Waals surface area contributed by atoms with E-state index in [-0.39, 0.29) is 5.91 Å². The second kappa shape index (κ2) is 8.55. The molecule has 0 spiro atoms. The Morgan fingerprint density at radius 3 is 2.67 bits per heavy atom. The molecule has 0 unspecified atom stereocenters. The van der Waals surface area contributed by atoms with Gasteiger partial charge in [0.05, 0.1) is 5.56 Å². The van der Waals surface area contributed by atoms with Gasteiger partial charge in [0.2, 0.25) is 0 Å². The first kappa shape index (κ1) is 18.7. The number of unbranched alkanes of at least 4 members (excludes halogenated alkanes) is 3. The summed E-state index contributed by atoms with van der Waals surface area (Å²) in [4.78, 5) is 17.2. The van der Waals surface area contributed by atoms with Gasteiger partial charge in [0.1, 0.15) is 5.65 Å². The molecule has 2 aromatic heterocycles. The number of rotatable bonds is 5. The fraction of sp³-hybridized carbons (Fsp3) is 0.304. The van der Waals surface area contributed by atoms with Crippen molar-refractivity contribution < 1.29 is 4.79 Å². The number of hydrogen-bond acceptors (Lipinski definition) is 2. The van der Waals surface area contributed by atoms with Gasteiger partial charge in [0.25, 0.3) is 5.91 Å². The molecule has 3 aromatic rings. The van der Waals surface area contributed by atoms with Crippen molar-refractivity contribution in [2.75, 3.05) is 5.32 Å². The van der Waals surface area contributed by atoms with Crippen LogP contribution in [0.4, 0.5) is 5.69 Å². The highest BCUT2D eigenvalue weighted by Gasteiger charge is 2.14. The lowest BCUT2D eigenvalue weighted by atomic mass is 10.1. The lowest BCUT2D eigenvalue weighted by molar-refractivity contribution is 0.102. The molecule has 2 heterocycles. The van der Waals surface area contributed by atoms with E-state index in [0.717, 1.165) is 35.5 Å². The molecule has 0 aliphatic carbocycles. The third kappa shape index (κ3) is 4.57. The van der Waals surface area contributed by atoms with Crippen molar-refractivity contribution in [3.05, 3.63) is 65.1 Å². The fourth-order valence-corrected chi connectivity index (χ4v) is 3.03. The van der Waals surface area contributed by atoms with Gasteiger partial charge in [-0.3, -0.25) is 4.79 Å². The van der Waals surface area contributed by atoms with Gasteiger partial charge in [0, 0.05) is 35.3 Å². The maximum absolute atomic E-state index is 12.7. The molecule has 0 saturated heterocycles. The largest absolute Gasteiger partial charge is 0.322 e. The summed E-state index contributed by atoms with van der Waals surface area (Å²) in [6.07, 6.45) is 6.39. The van der Waals surface area contributed by atoms with E-state index < -0.39 is 0 Å². The predicted octanol–water partition coefficient (Wildman–Crippen LogP) is 5.14. The Labute approximate surface area is 160 Å². The van der Waals surface area contributed by atoms with E-state index in [9.17, 15) is 4.79 Å². The predicted molar refractivity (Wildman–Crippen MR) is 110 cm³/mol. The Morgan fingerprint density at radius 1 is 1.15 bits per heavy atom. The van der Waals surface area contributed by atoms with Crippen LogP contribution < -0.4 is 5.32 Å². The van der Waals surface area contributed by atoms with Crippen LogP contribution >= 0.6 is 0 Å².